The maximum atomic E-state index is 12.8. The Balaban J connectivity index is 1.42. The molecule has 2 aromatic rings. The number of hydrogen-bond donors (Lipinski definition) is 0. The average Bonchev–Trinajstić information content (AvgIpc) is 2.83. The predicted molar refractivity (Wildman–Crippen MR) is 96.9 cm³/mol. The summed E-state index contributed by atoms with van der Waals surface area (Å²) in [6, 6.07) is 11.1. The number of carbonyl (C=O) groups is 1. The summed E-state index contributed by atoms with van der Waals surface area (Å²) in [7, 11) is 0. The third-order valence-corrected chi connectivity index (χ3v) is 5.47. The normalized spacial score (nSPS) is 23.6. The molecule has 5 rings (SSSR count). The van der Waals surface area contributed by atoms with Gasteiger partial charge in [0.1, 0.15) is 6.54 Å². The molecule has 2 atom stereocenters. The summed E-state index contributed by atoms with van der Waals surface area (Å²) in [5, 5.41) is 4.26. The van der Waals surface area contributed by atoms with E-state index in [4.69, 9.17) is 0 Å². The molecule has 0 spiro atoms. The largest absolute Gasteiger partial charge is 0.339 e. The third kappa shape index (κ3) is 3.76. The van der Waals surface area contributed by atoms with Crippen LogP contribution in [0.5, 0.6) is 0 Å². The van der Waals surface area contributed by atoms with Gasteiger partial charge in [-0.1, -0.05) is 30.3 Å². The van der Waals surface area contributed by atoms with Crippen LogP contribution in [0.3, 0.4) is 0 Å². The quantitative estimate of drug-likeness (QED) is 0.859. The third-order valence-electron chi connectivity index (χ3n) is 5.47. The Bertz CT molecular complexity index is 726. The number of hydrogen-bond acceptors (Lipinski definition) is 3. The molecule has 0 N–H and O–H groups in total. The maximum absolute atomic E-state index is 12.8. The van der Waals surface area contributed by atoms with Gasteiger partial charge in [0.25, 0.3) is 0 Å². The van der Waals surface area contributed by atoms with E-state index >= 15 is 0 Å². The summed E-state index contributed by atoms with van der Waals surface area (Å²) in [5.41, 5.74) is 2.46. The monoisotopic (exact) mass is 338 g/mol. The molecule has 2 bridgehead atoms. The molecule has 3 saturated heterocycles. The molecule has 3 fully saturated rings. The van der Waals surface area contributed by atoms with Crippen molar-refractivity contribution in [2.75, 3.05) is 19.6 Å². The van der Waals surface area contributed by atoms with Crippen LogP contribution < -0.4 is 0 Å². The highest BCUT2D eigenvalue weighted by Crippen LogP contribution is 2.29. The van der Waals surface area contributed by atoms with Gasteiger partial charge in [0.05, 0.1) is 6.20 Å². The molecule has 1 amide bonds. The first kappa shape index (κ1) is 16.3. The van der Waals surface area contributed by atoms with Crippen LogP contribution in [0.2, 0.25) is 0 Å². The minimum Gasteiger partial charge on any atom is -0.339 e. The Morgan fingerprint density at radius 2 is 2.00 bits per heavy atom. The number of amides is 1. The van der Waals surface area contributed by atoms with Gasteiger partial charge in [-0.25, -0.2) is 0 Å². The van der Waals surface area contributed by atoms with Gasteiger partial charge < -0.3 is 4.90 Å². The summed E-state index contributed by atoms with van der Waals surface area (Å²) in [4.78, 5) is 17.4. The highest BCUT2D eigenvalue weighted by molar-refractivity contribution is 5.76. The van der Waals surface area contributed by atoms with E-state index in [1.165, 1.54) is 18.4 Å². The lowest BCUT2D eigenvalue weighted by molar-refractivity contribution is -0.132. The Morgan fingerprint density at radius 1 is 1.16 bits per heavy atom. The standard InChI is InChI=1S/C20H26N4O/c1-16-9-21-24(10-16)15-20(25)23-13-18-7-8-19(14-23)22(12-18)11-17-5-3-2-4-6-17/h2-6,9-10,18-19H,7-8,11-15H2,1H3/t18-,19-/m1/s1. The highest BCUT2D eigenvalue weighted by Gasteiger charge is 2.36. The van der Waals surface area contributed by atoms with Crippen LogP contribution >= 0.6 is 0 Å². The molecule has 0 unspecified atom stereocenters. The minimum atomic E-state index is 0.196. The van der Waals surface area contributed by atoms with Gasteiger partial charge in [-0.05, 0) is 36.8 Å². The first-order valence-corrected chi connectivity index (χ1v) is 9.22. The summed E-state index contributed by atoms with van der Waals surface area (Å²) in [6.07, 6.45) is 6.18. The zero-order valence-corrected chi connectivity index (χ0v) is 14.8. The van der Waals surface area contributed by atoms with Crippen molar-refractivity contribution in [3.63, 3.8) is 0 Å². The second-order valence-electron chi connectivity index (χ2n) is 7.53. The lowest BCUT2D eigenvalue weighted by Gasteiger charge is -2.36. The number of carbonyl (C=O) groups excluding carboxylic acids is 1. The Hall–Kier alpha value is -2.14. The van der Waals surface area contributed by atoms with Crippen LogP contribution in [-0.2, 0) is 17.9 Å². The molecule has 4 heterocycles. The number of nitrogens with zero attached hydrogens (tertiary/aromatic N) is 4. The van der Waals surface area contributed by atoms with Crippen molar-refractivity contribution in [1.82, 2.24) is 19.6 Å². The number of aromatic nitrogens is 2. The second kappa shape index (κ2) is 7.00. The van der Waals surface area contributed by atoms with Crippen molar-refractivity contribution in [3.8, 4) is 0 Å². The first-order valence-electron chi connectivity index (χ1n) is 9.22. The van der Waals surface area contributed by atoms with Gasteiger partial charge in [0.15, 0.2) is 0 Å². The molecular formula is C20H26N4O. The topological polar surface area (TPSA) is 41.4 Å². The molecule has 132 valence electrons. The fourth-order valence-corrected chi connectivity index (χ4v) is 4.19. The van der Waals surface area contributed by atoms with E-state index in [-0.39, 0.29) is 5.91 Å². The second-order valence-corrected chi connectivity index (χ2v) is 7.53. The van der Waals surface area contributed by atoms with Crippen molar-refractivity contribution in [2.45, 2.75) is 38.9 Å². The maximum Gasteiger partial charge on any atom is 0.244 e. The molecule has 3 aliphatic rings. The molecule has 1 aromatic carbocycles. The fourth-order valence-electron chi connectivity index (χ4n) is 4.19. The van der Waals surface area contributed by atoms with E-state index in [2.05, 4.69) is 45.2 Å². The number of fused-ring (bicyclic) bond motifs is 4. The number of rotatable bonds is 4. The molecule has 1 aromatic heterocycles. The summed E-state index contributed by atoms with van der Waals surface area (Å²) >= 11 is 0. The highest BCUT2D eigenvalue weighted by atomic mass is 16.2. The van der Waals surface area contributed by atoms with E-state index in [1.807, 2.05) is 13.1 Å². The Morgan fingerprint density at radius 3 is 2.76 bits per heavy atom. The number of piperidine rings is 1. The van der Waals surface area contributed by atoms with Gasteiger partial charge in [0, 0.05) is 38.4 Å². The zero-order valence-electron chi connectivity index (χ0n) is 14.8. The van der Waals surface area contributed by atoms with Gasteiger partial charge in [-0.3, -0.25) is 14.4 Å². The number of aryl methyl sites for hydroxylation is 1. The van der Waals surface area contributed by atoms with Gasteiger partial charge >= 0.3 is 0 Å². The van der Waals surface area contributed by atoms with Crippen molar-refractivity contribution in [3.05, 3.63) is 53.9 Å². The van der Waals surface area contributed by atoms with E-state index in [0.717, 1.165) is 31.7 Å². The van der Waals surface area contributed by atoms with Crippen LogP contribution in [0, 0.1) is 12.8 Å². The van der Waals surface area contributed by atoms with Crippen LogP contribution in [0.25, 0.3) is 0 Å². The fraction of sp³-hybridized carbons (Fsp3) is 0.500. The van der Waals surface area contributed by atoms with Crippen LogP contribution in [0.4, 0.5) is 0 Å². The van der Waals surface area contributed by atoms with Crippen molar-refractivity contribution in [2.24, 2.45) is 5.92 Å². The van der Waals surface area contributed by atoms with E-state index in [1.54, 1.807) is 10.9 Å². The van der Waals surface area contributed by atoms with Crippen LogP contribution in [-0.4, -0.2) is 51.2 Å². The smallest absolute Gasteiger partial charge is 0.244 e. The van der Waals surface area contributed by atoms with Crippen LogP contribution in [0.1, 0.15) is 24.0 Å². The molecule has 5 heteroatoms. The Labute approximate surface area is 149 Å². The van der Waals surface area contributed by atoms with E-state index < -0.39 is 0 Å². The molecule has 0 radical (unpaired) electrons. The summed E-state index contributed by atoms with van der Waals surface area (Å²) < 4.78 is 1.76. The van der Waals surface area contributed by atoms with E-state index in [0.29, 0.717) is 18.5 Å². The summed E-state index contributed by atoms with van der Waals surface area (Å²) in [5.74, 6) is 0.785. The van der Waals surface area contributed by atoms with Crippen molar-refractivity contribution in [1.29, 1.82) is 0 Å². The molecular weight excluding hydrogens is 312 g/mol. The SMILES string of the molecule is Cc1cnn(CC(=O)N2C[C@@H]3CC[C@H](C2)N(Cc2ccccc2)C3)c1. The van der Waals surface area contributed by atoms with Gasteiger partial charge in [-0.2, -0.15) is 5.10 Å². The molecule has 5 nitrogen and oxygen atoms in total. The lowest BCUT2D eigenvalue weighted by Crippen LogP contribution is -2.44. The van der Waals surface area contributed by atoms with Crippen molar-refractivity contribution >= 4 is 5.91 Å². The van der Waals surface area contributed by atoms with Crippen LogP contribution in [0.15, 0.2) is 42.7 Å². The van der Waals surface area contributed by atoms with Crippen molar-refractivity contribution < 1.29 is 4.79 Å². The minimum absolute atomic E-state index is 0.196. The first-order chi connectivity index (χ1) is 12.2. The molecule has 0 saturated carbocycles. The predicted octanol–water partition coefficient (Wildman–Crippen LogP) is 2.31. The Kier molecular flexibility index (Phi) is 4.57. The molecule has 3 aliphatic heterocycles. The summed E-state index contributed by atoms with van der Waals surface area (Å²) in [6.45, 7) is 6.18. The average molecular weight is 338 g/mol. The molecule has 0 aliphatic carbocycles. The lowest BCUT2D eigenvalue weighted by atomic mass is 9.94. The number of benzene rings is 1. The van der Waals surface area contributed by atoms with Gasteiger partial charge in [0.2, 0.25) is 5.91 Å². The van der Waals surface area contributed by atoms with Gasteiger partial charge in [-0.15, -0.1) is 0 Å². The molecule has 25 heavy (non-hydrogen) atoms. The zero-order chi connectivity index (χ0) is 17.2. The van der Waals surface area contributed by atoms with E-state index in [9.17, 15) is 4.79 Å².